The predicted molar refractivity (Wildman–Crippen MR) is 68.8 cm³/mol. The highest BCUT2D eigenvalue weighted by Crippen LogP contribution is 2.31. The summed E-state index contributed by atoms with van der Waals surface area (Å²) in [5.74, 6) is 0.0971. The summed E-state index contributed by atoms with van der Waals surface area (Å²) >= 11 is 0. The molecule has 0 radical (unpaired) electrons. The molecule has 4 nitrogen and oxygen atoms in total. The van der Waals surface area contributed by atoms with Crippen molar-refractivity contribution in [2.45, 2.75) is 45.3 Å². The minimum absolute atomic E-state index is 0.00868. The Balaban J connectivity index is 2.61. The maximum atomic E-state index is 12.2. The summed E-state index contributed by atoms with van der Waals surface area (Å²) in [6.07, 6.45) is 1.79. The molecule has 1 unspecified atom stereocenters. The van der Waals surface area contributed by atoms with E-state index in [1.807, 2.05) is 6.92 Å². The quantitative estimate of drug-likeness (QED) is 0.779. The van der Waals surface area contributed by atoms with E-state index in [-0.39, 0.29) is 23.4 Å². The number of sulfone groups is 1. The van der Waals surface area contributed by atoms with E-state index in [4.69, 9.17) is 0 Å². The van der Waals surface area contributed by atoms with Crippen LogP contribution < -0.4 is 5.32 Å². The third kappa shape index (κ3) is 3.28. The van der Waals surface area contributed by atoms with Crippen molar-refractivity contribution in [3.63, 3.8) is 0 Å². The monoisotopic (exact) mass is 261 g/mol. The second-order valence-corrected chi connectivity index (χ2v) is 7.83. The van der Waals surface area contributed by atoms with Crippen molar-refractivity contribution in [3.05, 3.63) is 0 Å². The largest absolute Gasteiger partial charge is 0.316 e. The van der Waals surface area contributed by atoms with Crippen molar-refractivity contribution >= 4 is 15.6 Å². The molecular formula is C12H23NO3S. The van der Waals surface area contributed by atoms with Gasteiger partial charge in [0.15, 0.2) is 9.84 Å². The van der Waals surface area contributed by atoms with Crippen molar-refractivity contribution < 1.29 is 13.2 Å². The minimum atomic E-state index is -3.10. The molecule has 0 saturated carbocycles. The number of hydrogen-bond acceptors (Lipinski definition) is 4. The topological polar surface area (TPSA) is 63.2 Å². The molecule has 1 N–H and O–H groups in total. The SMILES string of the molecule is CCC1(C(=O)CCS(=O)(=O)C(C)C)CCNC1. The van der Waals surface area contributed by atoms with Crippen LogP contribution in [0, 0.1) is 5.41 Å². The molecule has 0 amide bonds. The maximum absolute atomic E-state index is 12.2. The van der Waals surface area contributed by atoms with Crippen LogP contribution in [0.1, 0.15) is 40.0 Å². The van der Waals surface area contributed by atoms with E-state index >= 15 is 0 Å². The summed E-state index contributed by atoms with van der Waals surface area (Å²) in [6, 6.07) is 0. The average Bonchev–Trinajstić information content (AvgIpc) is 2.75. The van der Waals surface area contributed by atoms with Crippen LogP contribution in [-0.4, -0.2) is 38.3 Å². The normalized spacial score (nSPS) is 25.4. The molecule has 0 aliphatic carbocycles. The van der Waals surface area contributed by atoms with Crippen LogP contribution >= 0.6 is 0 Å². The number of hydrogen-bond donors (Lipinski definition) is 1. The minimum Gasteiger partial charge on any atom is -0.316 e. The molecule has 0 aromatic carbocycles. The molecule has 1 saturated heterocycles. The second-order valence-electron chi connectivity index (χ2n) is 5.15. The Morgan fingerprint density at radius 2 is 2.06 bits per heavy atom. The fourth-order valence-corrected chi connectivity index (χ4v) is 3.16. The fraction of sp³-hybridized carbons (Fsp3) is 0.917. The van der Waals surface area contributed by atoms with Crippen LogP contribution in [0.4, 0.5) is 0 Å². The molecule has 1 aliphatic heterocycles. The molecule has 1 heterocycles. The maximum Gasteiger partial charge on any atom is 0.153 e. The molecule has 1 rings (SSSR count). The molecular weight excluding hydrogens is 238 g/mol. The Morgan fingerprint density at radius 1 is 1.41 bits per heavy atom. The van der Waals surface area contributed by atoms with Gasteiger partial charge in [-0.2, -0.15) is 0 Å². The first-order valence-electron chi connectivity index (χ1n) is 6.29. The second kappa shape index (κ2) is 5.48. The van der Waals surface area contributed by atoms with Gasteiger partial charge in [-0.05, 0) is 33.2 Å². The van der Waals surface area contributed by atoms with Crippen LogP contribution in [0.25, 0.3) is 0 Å². The van der Waals surface area contributed by atoms with Gasteiger partial charge in [-0.25, -0.2) is 8.42 Å². The molecule has 17 heavy (non-hydrogen) atoms. The summed E-state index contributed by atoms with van der Waals surface area (Å²) < 4.78 is 23.3. The van der Waals surface area contributed by atoms with Crippen LogP contribution in [-0.2, 0) is 14.6 Å². The van der Waals surface area contributed by atoms with Gasteiger partial charge in [-0.1, -0.05) is 6.92 Å². The van der Waals surface area contributed by atoms with Gasteiger partial charge in [0.1, 0.15) is 5.78 Å². The third-order valence-electron chi connectivity index (χ3n) is 3.84. The standard InChI is InChI=1S/C12H23NO3S/c1-4-12(6-7-13-9-12)11(14)5-8-17(15,16)10(2)3/h10,13H,4-9H2,1-3H3. The summed E-state index contributed by atoms with van der Waals surface area (Å²) in [4.78, 5) is 12.2. The van der Waals surface area contributed by atoms with Crippen molar-refractivity contribution in [1.82, 2.24) is 5.32 Å². The number of Topliss-reactive ketones (excluding diaryl/α,β-unsaturated/α-hetero) is 1. The Hall–Kier alpha value is -0.420. The number of nitrogens with one attached hydrogen (secondary N) is 1. The van der Waals surface area contributed by atoms with Gasteiger partial charge < -0.3 is 5.32 Å². The highest BCUT2D eigenvalue weighted by Gasteiger charge is 2.39. The molecule has 1 aliphatic rings. The Morgan fingerprint density at radius 3 is 2.47 bits per heavy atom. The lowest BCUT2D eigenvalue weighted by Gasteiger charge is -2.24. The number of rotatable bonds is 6. The zero-order valence-corrected chi connectivity index (χ0v) is 11.8. The zero-order chi connectivity index (χ0) is 13.1. The van der Waals surface area contributed by atoms with E-state index in [0.29, 0.717) is 6.54 Å². The lowest BCUT2D eigenvalue weighted by molar-refractivity contribution is -0.127. The molecule has 100 valence electrons. The van der Waals surface area contributed by atoms with Gasteiger partial charge in [-0.15, -0.1) is 0 Å². The predicted octanol–water partition coefficient (Wildman–Crippen LogP) is 1.16. The van der Waals surface area contributed by atoms with Gasteiger partial charge in [0.05, 0.1) is 11.0 Å². The van der Waals surface area contributed by atoms with Gasteiger partial charge in [0.2, 0.25) is 0 Å². The van der Waals surface area contributed by atoms with E-state index in [2.05, 4.69) is 5.32 Å². The van der Waals surface area contributed by atoms with E-state index in [0.717, 1.165) is 19.4 Å². The number of carbonyl (C=O) groups excluding carboxylic acids is 1. The Kier molecular flexibility index (Phi) is 4.72. The number of carbonyl (C=O) groups is 1. The van der Waals surface area contributed by atoms with Gasteiger partial charge in [-0.3, -0.25) is 4.79 Å². The molecule has 1 fully saturated rings. The van der Waals surface area contributed by atoms with Crippen molar-refractivity contribution in [2.75, 3.05) is 18.8 Å². The van der Waals surface area contributed by atoms with E-state index in [1.54, 1.807) is 13.8 Å². The summed E-state index contributed by atoms with van der Waals surface area (Å²) in [5.41, 5.74) is -0.313. The molecule has 5 heteroatoms. The molecule has 1 atom stereocenters. The van der Waals surface area contributed by atoms with E-state index < -0.39 is 15.1 Å². The van der Waals surface area contributed by atoms with Crippen LogP contribution in [0.15, 0.2) is 0 Å². The smallest absolute Gasteiger partial charge is 0.153 e. The lowest BCUT2D eigenvalue weighted by Crippen LogP contribution is -2.34. The third-order valence-corrected chi connectivity index (χ3v) is 6.05. The van der Waals surface area contributed by atoms with Gasteiger partial charge in [0.25, 0.3) is 0 Å². The summed E-state index contributed by atoms with van der Waals surface area (Å²) in [7, 11) is -3.10. The van der Waals surface area contributed by atoms with Gasteiger partial charge in [0, 0.05) is 18.4 Å². The molecule has 0 aromatic rings. The average molecular weight is 261 g/mol. The highest BCUT2D eigenvalue weighted by atomic mass is 32.2. The first kappa shape index (κ1) is 14.6. The number of ketones is 1. The Labute approximate surface area is 104 Å². The van der Waals surface area contributed by atoms with E-state index in [1.165, 1.54) is 0 Å². The van der Waals surface area contributed by atoms with Gasteiger partial charge >= 0.3 is 0 Å². The molecule has 0 spiro atoms. The summed E-state index contributed by atoms with van der Waals surface area (Å²) in [5, 5.41) is 2.80. The lowest BCUT2D eigenvalue weighted by atomic mass is 9.79. The first-order chi connectivity index (χ1) is 7.84. The zero-order valence-electron chi connectivity index (χ0n) is 11.0. The van der Waals surface area contributed by atoms with Crippen molar-refractivity contribution in [3.8, 4) is 0 Å². The summed E-state index contributed by atoms with van der Waals surface area (Å²) in [6.45, 7) is 6.88. The highest BCUT2D eigenvalue weighted by molar-refractivity contribution is 7.91. The van der Waals surface area contributed by atoms with Crippen LogP contribution in [0.3, 0.4) is 0 Å². The fourth-order valence-electron chi connectivity index (χ4n) is 2.22. The van der Waals surface area contributed by atoms with Crippen LogP contribution in [0.2, 0.25) is 0 Å². The van der Waals surface area contributed by atoms with E-state index in [9.17, 15) is 13.2 Å². The Bertz CT molecular complexity index is 367. The van der Waals surface area contributed by atoms with Crippen molar-refractivity contribution in [2.24, 2.45) is 5.41 Å². The van der Waals surface area contributed by atoms with Crippen LogP contribution in [0.5, 0.6) is 0 Å². The molecule has 0 aromatic heterocycles. The molecule has 0 bridgehead atoms. The van der Waals surface area contributed by atoms with Crippen molar-refractivity contribution in [1.29, 1.82) is 0 Å². The first-order valence-corrected chi connectivity index (χ1v) is 8.01.